The van der Waals surface area contributed by atoms with Crippen LogP contribution in [0.3, 0.4) is 0 Å². The van der Waals surface area contributed by atoms with E-state index in [9.17, 15) is 14.4 Å². The SMILES string of the molecule is Cc1ccc(OCCCNC(=O)c2ccc(N3C(=O)C4CC=CCC4C3=O)cc2)cc1C. The van der Waals surface area contributed by atoms with Crippen molar-refractivity contribution in [1.82, 2.24) is 5.32 Å². The molecule has 2 aromatic rings. The number of allylic oxidation sites excluding steroid dienone is 2. The second kappa shape index (κ2) is 9.39. The van der Waals surface area contributed by atoms with Crippen LogP contribution < -0.4 is 15.0 Å². The highest BCUT2D eigenvalue weighted by atomic mass is 16.5. The fourth-order valence-corrected chi connectivity index (χ4v) is 4.19. The first-order valence-corrected chi connectivity index (χ1v) is 11.1. The van der Waals surface area contributed by atoms with Gasteiger partial charge in [-0.3, -0.25) is 19.3 Å². The number of amides is 3. The van der Waals surface area contributed by atoms with Crippen molar-refractivity contribution in [1.29, 1.82) is 0 Å². The zero-order chi connectivity index (χ0) is 22.7. The second-order valence-corrected chi connectivity index (χ2v) is 8.42. The number of fused-ring (bicyclic) bond motifs is 1. The van der Waals surface area contributed by atoms with E-state index >= 15 is 0 Å². The lowest BCUT2D eigenvalue weighted by Crippen LogP contribution is -2.31. The number of carbonyl (C=O) groups excluding carboxylic acids is 3. The number of carbonyl (C=O) groups is 3. The van der Waals surface area contributed by atoms with E-state index in [-0.39, 0.29) is 29.6 Å². The molecule has 4 rings (SSSR count). The summed E-state index contributed by atoms with van der Waals surface area (Å²) >= 11 is 0. The van der Waals surface area contributed by atoms with Crippen molar-refractivity contribution in [3.63, 3.8) is 0 Å². The van der Waals surface area contributed by atoms with Gasteiger partial charge in [0, 0.05) is 12.1 Å². The standard InChI is InChI=1S/C26H28N2O4/c1-17-8-13-21(16-18(17)2)32-15-5-14-27-24(29)19-9-11-20(12-10-19)28-25(30)22-6-3-4-7-23(22)26(28)31/h3-4,8-13,16,22-23H,5-7,14-15H2,1-2H3,(H,27,29). The van der Waals surface area contributed by atoms with Gasteiger partial charge in [-0.1, -0.05) is 18.2 Å². The molecule has 6 nitrogen and oxygen atoms in total. The Morgan fingerprint density at radius 1 is 0.969 bits per heavy atom. The van der Waals surface area contributed by atoms with E-state index in [0.717, 1.165) is 5.75 Å². The molecule has 0 bridgehead atoms. The predicted molar refractivity (Wildman–Crippen MR) is 123 cm³/mol. The Morgan fingerprint density at radius 2 is 1.62 bits per heavy atom. The van der Waals surface area contributed by atoms with E-state index in [0.29, 0.717) is 43.7 Å². The van der Waals surface area contributed by atoms with Crippen LogP contribution in [0.5, 0.6) is 5.75 Å². The topological polar surface area (TPSA) is 75.7 Å². The molecule has 2 atom stereocenters. The minimum absolute atomic E-state index is 0.148. The molecule has 6 heteroatoms. The van der Waals surface area contributed by atoms with Gasteiger partial charge in [-0.25, -0.2) is 0 Å². The quantitative estimate of drug-likeness (QED) is 0.408. The molecule has 2 aliphatic rings. The second-order valence-electron chi connectivity index (χ2n) is 8.42. The lowest BCUT2D eigenvalue weighted by Gasteiger charge is -2.15. The maximum atomic E-state index is 12.7. The summed E-state index contributed by atoms with van der Waals surface area (Å²) in [5.74, 6) is -0.185. The van der Waals surface area contributed by atoms with Gasteiger partial charge in [-0.05, 0) is 80.6 Å². The van der Waals surface area contributed by atoms with Crippen LogP contribution in [0.2, 0.25) is 0 Å². The summed E-state index contributed by atoms with van der Waals surface area (Å²) in [7, 11) is 0. The van der Waals surface area contributed by atoms with E-state index in [4.69, 9.17) is 4.74 Å². The molecular formula is C26H28N2O4. The minimum Gasteiger partial charge on any atom is -0.494 e. The molecule has 2 aromatic carbocycles. The number of nitrogens with zero attached hydrogens (tertiary/aromatic N) is 1. The number of anilines is 1. The van der Waals surface area contributed by atoms with Crippen LogP contribution in [-0.4, -0.2) is 30.9 Å². The first-order valence-electron chi connectivity index (χ1n) is 11.1. The Hall–Kier alpha value is -3.41. The summed E-state index contributed by atoms with van der Waals surface area (Å²) in [6.07, 6.45) is 5.84. The number of benzene rings is 2. The van der Waals surface area contributed by atoms with E-state index in [2.05, 4.69) is 12.2 Å². The number of ether oxygens (including phenoxy) is 1. The molecule has 2 unspecified atom stereocenters. The molecule has 0 radical (unpaired) electrons. The molecule has 1 fully saturated rings. The van der Waals surface area contributed by atoms with Gasteiger partial charge < -0.3 is 10.1 Å². The molecule has 1 heterocycles. The lowest BCUT2D eigenvalue weighted by molar-refractivity contribution is -0.122. The van der Waals surface area contributed by atoms with Crippen LogP contribution in [0.25, 0.3) is 0 Å². The first kappa shape index (κ1) is 21.8. The van der Waals surface area contributed by atoms with Gasteiger partial charge in [0.2, 0.25) is 11.8 Å². The molecule has 32 heavy (non-hydrogen) atoms. The van der Waals surface area contributed by atoms with Crippen LogP contribution >= 0.6 is 0 Å². The van der Waals surface area contributed by atoms with Crippen LogP contribution in [0.15, 0.2) is 54.6 Å². The molecule has 1 N–H and O–H groups in total. The minimum atomic E-state index is -0.262. The third-order valence-corrected chi connectivity index (χ3v) is 6.25. The normalized spacial score (nSPS) is 19.8. The molecule has 1 aliphatic carbocycles. The van der Waals surface area contributed by atoms with Crippen LogP contribution in [0, 0.1) is 25.7 Å². The van der Waals surface area contributed by atoms with Crippen molar-refractivity contribution in [2.24, 2.45) is 11.8 Å². The van der Waals surface area contributed by atoms with Crippen LogP contribution in [0.4, 0.5) is 5.69 Å². The zero-order valence-electron chi connectivity index (χ0n) is 18.5. The third-order valence-electron chi connectivity index (χ3n) is 6.25. The molecule has 166 valence electrons. The summed E-state index contributed by atoms with van der Waals surface area (Å²) in [4.78, 5) is 39.1. The first-order chi connectivity index (χ1) is 15.5. The number of rotatable bonds is 7. The Morgan fingerprint density at radius 3 is 2.25 bits per heavy atom. The van der Waals surface area contributed by atoms with E-state index < -0.39 is 0 Å². The summed E-state index contributed by atoms with van der Waals surface area (Å²) in [5, 5.41) is 2.88. The Labute approximate surface area is 188 Å². The third kappa shape index (κ3) is 4.44. The molecular weight excluding hydrogens is 404 g/mol. The van der Waals surface area contributed by atoms with E-state index in [1.807, 2.05) is 37.3 Å². The number of aryl methyl sites for hydroxylation is 2. The van der Waals surface area contributed by atoms with Crippen molar-refractivity contribution < 1.29 is 19.1 Å². The summed E-state index contributed by atoms with van der Waals surface area (Å²) in [5.41, 5.74) is 3.42. The molecule has 1 aliphatic heterocycles. The van der Waals surface area contributed by atoms with Gasteiger partial charge in [0.15, 0.2) is 0 Å². The fraction of sp³-hybridized carbons (Fsp3) is 0.346. The van der Waals surface area contributed by atoms with Crippen molar-refractivity contribution in [2.75, 3.05) is 18.1 Å². The van der Waals surface area contributed by atoms with Crippen LogP contribution in [0.1, 0.15) is 40.7 Å². The zero-order valence-corrected chi connectivity index (χ0v) is 18.5. The highest BCUT2D eigenvalue weighted by Gasteiger charge is 2.47. The Kier molecular flexibility index (Phi) is 6.40. The Bertz CT molecular complexity index is 1030. The highest BCUT2D eigenvalue weighted by Crippen LogP contribution is 2.37. The van der Waals surface area contributed by atoms with Gasteiger partial charge >= 0.3 is 0 Å². The molecule has 0 aromatic heterocycles. The largest absolute Gasteiger partial charge is 0.494 e. The van der Waals surface area contributed by atoms with Gasteiger partial charge in [0.1, 0.15) is 5.75 Å². The maximum absolute atomic E-state index is 12.7. The van der Waals surface area contributed by atoms with E-state index in [1.54, 1.807) is 24.3 Å². The van der Waals surface area contributed by atoms with Gasteiger partial charge in [0.05, 0.1) is 24.1 Å². The summed E-state index contributed by atoms with van der Waals surface area (Å²) in [6.45, 7) is 5.11. The molecule has 3 amide bonds. The number of imide groups is 1. The molecule has 1 saturated heterocycles. The smallest absolute Gasteiger partial charge is 0.251 e. The van der Waals surface area contributed by atoms with Crippen molar-refractivity contribution in [2.45, 2.75) is 33.1 Å². The van der Waals surface area contributed by atoms with Crippen molar-refractivity contribution in [3.05, 3.63) is 71.3 Å². The number of nitrogens with one attached hydrogen (secondary N) is 1. The fourth-order valence-electron chi connectivity index (χ4n) is 4.19. The summed E-state index contributed by atoms with van der Waals surface area (Å²) in [6, 6.07) is 12.6. The Balaban J connectivity index is 1.26. The highest BCUT2D eigenvalue weighted by molar-refractivity contribution is 6.22. The van der Waals surface area contributed by atoms with Gasteiger partial charge in [-0.2, -0.15) is 0 Å². The average Bonchev–Trinajstić information content (AvgIpc) is 3.06. The summed E-state index contributed by atoms with van der Waals surface area (Å²) < 4.78 is 5.74. The molecule has 0 saturated carbocycles. The van der Waals surface area contributed by atoms with Gasteiger partial charge in [-0.15, -0.1) is 0 Å². The number of hydrogen-bond donors (Lipinski definition) is 1. The average molecular weight is 433 g/mol. The number of hydrogen-bond acceptors (Lipinski definition) is 4. The van der Waals surface area contributed by atoms with Crippen LogP contribution in [-0.2, 0) is 9.59 Å². The van der Waals surface area contributed by atoms with Crippen molar-refractivity contribution >= 4 is 23.4 Å². The predicted octanol–water partition coefficient (Wildman–Crippen LogP) is 3.96. The maximum Gasteiger partial charge on any atom is 0.251 e. The van der Waals surface area contributed by atoms with Gasteiger partial charge in [0.25, 0.3) is 5.91 Å². The van der Waals surface area contributed by atoms with E-state index in [1.165, 1.54) is 16.0 Å². The molecule has 0 spiro atoms. The lowest BCUT2D eigenvalue weighted by atomic mass is 9.85. The monoisotopic (exact) mass is 432 g/mol. The van der Waals surface area contributed by atoms with Crippen molar-refractivity contribution in [3.8, 4) is 5.75 Å².